The van der Waals surface area contributed by atoms with Crippen LogP contribution in [0.5, 0.6) is 5.75 Å². The van der Waals surface area contributed by atoms with E-state index in [0.717, 1.165) is 17.0 Å². The number of carbonyl (C=O) groups is 1. The summed E-state index contributed by atoms with van der Waals surface area (Å²) in [6, 6.07) is 5.95. The zero-order valence-electron chi connectivity index (χ0n) is 14.3. The van der Waals surface area contributed by atoms with Crippen molar-refractivity contribution in [2.75, 3.05) is 11.4 Å². The summed E-state index contributed by atoms with van der Waals surface area (Å²) in [7, 11) is 0. The highest BCUT2D eigenvalue weighted by Gasteiger charge is 2.34. The van der Waals surface area contributed by atoms with Gasteiger partial charge in [-0.1, -0.05) is 40.7 Å². The maximum absolute atomic E-state index is 12.6. The zero-order chi connectivity index (χ0) is 16.4. The lowest BCUT2D eigenvalue weighted by atomic mass is 9.95. The number of benzene rings is 1. The first-order chi connectivity index (χ1) is 10.3. The molecule has 22 heavy (non-hydrogen) atoms. The fourth-order valence-corrected chi connectivity index (χ4v) is 2.74. The molecule has 0 spiro atoms. The monoisotopic (exact) mass is 304 g/mol. The molecular weight excluding hydrogens is 276 g/mol. The van der Waals surface area contributed by atoms with Crippen LogP contribution in [-0.4, -0.2) is 18.6 Å². The van der Waals surface area contributed by atoms with Crippen LogP contribution in [0.1, 0.15) is 52.6 Å². The standard InChI is InChI=1S/C18H28N2O2/c1-6-15-18(21)20(10-11(2)3)14-9-13(17(19)12(4)5)7-8-16(14)22-15/h7-9,11-12,15,17H,6,10,19H2,1-5H3. The number of fused-ring (bicyclic) bond motifs is 1. The molecule has 0 saturated carbocycles. The van der Waals surface area contributed by atoms with Crippen molar-refractivity contribution in [3.63, 3.8) is 0 Å². The van der Waals surface area contributed by atoms with Gasteiger partial charge in [0, 0.05) is 12.6 Å². The van der Waals surface area contributed by atoms with Gasteiger partial charge in [-0.15, -0.1) is 0 Å². The van der Waals surface area contributed by atoms with Gasteiger partial charge in [0.05, 0.1) is 5.69 Å². The molecule has 1 aliphatic heterocycles. The van der Waals surface area contributed by atoms with Crippen molar-refractivity contribution < 1.29 is 9.53 Å². The predicted molar refractivity (Wildman–Crippen MR) is 90.1 cm³/mol. The van der Waals surface area contributed by atoms with Crippen molar-refractivity contribution in [3.05, 3.63) is 23.8 Å². The molecule has 0 bridgehead atoms. The normalized spacial score (nSPS) is 19.4. The third-order valence-electron chi connectivity index (χ3n) is 4.11. The lowest BCUT2D eigenvalue weighted by molar-refractivity contribution is -0.126. The Balaban J connectivity index is 2.43. The van der Waals surface area contributed by atoms with Crippen LogP contribution in [0.15, 0.2) is 18.2 Å². The number of amides is 1. The third-order valence-corrected chi connectivity index (χ3v) is 4.11. The second kappa shape index (κ2) is 6.69. The molecule has 0 aromatic heterocycles. The van der Waals surface area contributed by atoms with Crippen LogP contribution in [0, 0.1) is 11.8 Å². The topological polar surface area (TPSA) is 55.6 Å². The summed E-state index contributed by atoms with van der Waals surface area (Å²) in [5, 5.41) is 0. The smallest absolute Gasteiger partial charge is 0.268 e. The lowest BCUT2D eigenvalue weighted by Crippen LogP contribution is -2.47. The molecule has 2 unspecified atom stereocenters. The minimum absolute atomic E-state index is 0.0369. The highest BCUT2D eigenvalue weighted by atomic mass is 16.5. The van der Waals surface area contributed by atoms with Crippen molar-refractivity contribution in [2.45, 2.75) is 53.2 Å². The van der Waals surface area contributed by atoms with Gasteiger partial charge in [0.15, 0.2) is 6.10 Å². The number of rotatable bonds is 5. The van der Waals surface area contributed by atoms with Gasteiger partial charge in [-0.2, -0.15) is 0 Å². The van der Waals surface area contributed by atoms with Crippen LogP contribution in [0.4, 0.5) is 5.69 Å². The van der Waals surface area contributed by atoms with E-state index in [1.165, 1.54) is 0 Å². The summed E-state index contributed by atoms with van der Waals surface area (Å²) in [5.41, 5.74) is 8.17. The molecule has 122 valence electrons. The highest BCUT2D eigenvalue weighted by Crippen LogP contribution is 2.37. The van der Waals surface area contributed by atoms with Gasteiger partial charge < -0.3 is 15.4 Å². The van der Waals surface area contributed by atoms with Gasteiger partial charge in [0.2, 0.25) is 0 Å². The van der Waals surface area contributed by atoms with Crippen molar-refractivity contribution >= 4 is 11.6 Å². The van der Waals surface area contributed by atoms with E-state index in [-0.39, 0.29) is 18.1 Å². The minimum atomic E-state index is -0.379. The fourth-order valence-electron chi connectivity index (χ4n) is 2.74. The number of nitrogens with zero attached hydrogens (tertiary/aromatic N) is 1. The maximum Gasteiger partial charge on any atom is 0.268 e. The van der Waals surface area contributed by atoms with Gasteiger partial charge in [0.25, 0.3) is 5.91 Å². The number of anilines is 1. The number of hydrogen-bond acceptors (Lipinski definition) is 3. The summed E-state index contributed by atoms with van der Waals surface area (Å²) >= 11 is 0. The Kier molecular flexibility index (Phi) is 5.12. The molecule has 4 heteroatoms. The van der Waals surface area contributed by atoms with Gasteiger partial charge in [-0.05, 0) is 36.0 Å². The Morgan fingerprint density at radius 1 is 1.27 bits per heavy atom. The summed E-state index contributed by atoms with van der Waals surface area (Å²) < 4.78 is 5.87. The van der Waals surface area contributed by atoms with Gasteiger partial charge in [0.1, 0.15) is 5.75 Å². The average molecular weight is 304 g/mol. The molecule has 0 aliphatic carbocycles. The van der Waals surface area contributed by atoms with E-state index < -0.39 is 0 Å². The fraction of sp³-hybridized carbons (Fsp3) is 0.611. The van der Waals surface area contributed by atoms with Gasteiger partial charge in [-0.25, -0.2) is 0 Å². The molecule has 0 saturated heterocycles. The molecule has 4 nitrogen and oxygen atoms in total. The molecule has 2 N–H and O–H groups in total. The molecule has 0 radical (unpaired) electrons. The van der Waals surface area contributed by atoms with Crippen molar-refractivity contribution in [1.82, 2.24) is 0 Å². The van der Waals surface area contributed by atoms with E-state index >= 15 is 0 Å². The van der Waals surface area contributed by atoms with Crippen LogP contribution < -0.4 is 15.4 Å². The van der Waals surface area contributed by atoms with Gasteiger partial charge in [-0.3, -0.25) is 4.79 Å². The second-order valence-electron chi connectivity index (χ2n) is 6.85. The lowest BCUT2D eigenvalue weighted by Gasteiger charge is -2.35. The first kappa shape index (κ1) is 16.8. The summed E-state index contributed by atoms with van der Waals surface area (Å²) in [5.74, 6) is 1.58. The first-order valence-electron chi connectivity index (χ1n) is 8.22. The average Bonchev–Trinajstić information content (AvgIpc) is 2.48. The van der Waals surface area contributed by atoms with E-state index in [4.69, 9.17) is 10.5 Å². The van der Waals surface area contributed by atoms with E-state index in [9.17, 15) is 4.79 Å². The number of hydrogen-bond donors (Lipinski definition) is 1. The summed E-state index contributed by atoms with van der Waals surface area (Å²) in [4.78, 5) is 14.5. The minimum Gasteiger partial charge on any atom is -0.478 e. The highest BCUT2D eigenvalue weighted by molar-refractivity contribution is 6.00. The van der Waals surface area contributed by atoms with E-state index in [1.807, 2.05) is 30.0 Å². The van der Waals surface area contributed by atoms with Crippen molar-refractivity contribution in [1.29, 1.82) is 0 Å². The predicted octanol–water partition coefficient (Wildman–Crippen LogP) is 3.50. The largest absolute Gasteiger partial charge is 0.478 e. The Hall–Kier alpha value is -1.55. The quantitative estimate of drug-likeness (QED) is 0.905. The molecule has 0 fully saturated rings. The number of ether oxygens (including phenoxy) is 1. The Morgan fingerprint density at radius 3 is 2.50 bits per heavy atom. The number of nitrogens with two attached hydrogens (primary N) is 1. The van der Waals surface area contributed by atoms with E-state index in [1.54, 1.807) is 0 Å². The van der Waals surface area contributed by atoms with Crippen molar-refractivity contribution in [2.24, 2.45) is 17.6 Å². The van der Waals surface area contributed by atoms with Crippen LogP contribution in [-0.2, 0) is 4.79 Å². The maximum atomic E-state index is 12.6. The van der Waals surface area contributed by atoms with Crippen molar-refractivity contribution in [3.8, 4) is 5.75 Å². The van der Waals surface area contributed by atoms with Crippen LogP contribution in [0.3, 0.4) is 0 Å². The van der Waals surface area contributed by atoms with Crippen LogP contribution >= 0.6 is 0 Å². The molecule has 1 heterocycles. The van der Waals surface area contributed by atoms with Crippen LogP contribution in [0.25, 0.3) is 0 Å². The molecule has 1 aromatic carbocycles. The molecule has 1 aromatic rings. The Bertz CT molecular complexity index is 540. The molecule has 1 amide bonds. The SMILES string of the molecule is CCC1Oc2ccc(C(N)C(C)C)cc2N(CC(C)C)C1=O. The summed E-state index contributed by atoms with van der Waals surface area (Å²) in [6.07, 6.45) is 0.302. The van der Waals surface area contributed by atoms with E-state index in [2.05, 4.69) is 27.7 Å². The third kappa shape index (κ3) is 3.27. The first-order valence-corrected chi connectivity index (χ1v) is 8.22. The molecule has 1 aliphatic rings. The second-order valence-corrected chi connectivity index (χ2v) is 6.85. The molecular formula is C18H28N2O2. The van der Waals surface area contributed by atoms with Crippen LogP contribution in [0.2, 0.25) is 0 Å². The van der Waals surface area contributed by atoms with E-state index in [0.29, 0.717) is 24.8 Å². The Morgan fingerprint density at radius 2 is 1.95 bits per heavy atom. The Labute approximate surface area is 133 Å². The van der Waals surface area contributed by atoms with Gasteiger partial charge >= 0.3 is 0 Å². The number of carbonyl (C=O) groups excluding carboxylic acids is 1. The summed E-state index contributed by atoms with van der Waals surface area (Å²) in [6.45, 7) is 11.1. The zero-order valence-corrected chi connectivity index (χ0v) is 14.3. The molecule has 2 rings (SSSR count). The molecule has 2 atom stereocenters.